The van der Waals surface area contributed by atoms with Crippen molar-refractivity contribution in [2.75, 3.05) is 20.1 Å². The number of halogens is 1. The van der Waals surface area contributed by atoms with Gasteiger partial charge in [0.1, 0.15) is 0 Å². The van der Waals surface area contributed by atoms with Crippen LogP contribution in [-0.4, -0.2) is 33.5 Å². The third-order valence-electron chi connectivity index (χ3n) is 3.15. The van der Waals surface area contributed by atoms with Gasteiger partial charge in [0.15, 0.2) is 0 Å². The zero-order valence-electron chi connectivity index (χ0n) is 9.77. The van der Waals surface area contributed by atoms with E-state index in [0.29, 0.717) is 5.92 Å². The molecule has 1 aromatic rings. The summed E-state index contributed by atoms with van der Waals surface area (Å²) in [6.07, 6.45) is 1.13. The van der Waals surface area contributed by atoms with Crippen LogP contribution in [0.2, 0.25) is 0 Å². The normalized spacial score (nSPS) is 21.9. The first-order valence-corrected chi connectivity index (χ1v) is 8.11. The van der Waals surface area contributed by atoms with Gasteiger partial charge in [-0.2, -0.15) is 0 Å². The average Bonchev–Trinajstić information content (AvgIpc) is 2.63. The quantitative estimate of drug-likeness (QED) is 0.792. The number of likely N-dealkylation sites (N-methyl/N-ethyl adjacent to an activating group) is 1. The highest BCUT2D eigenvalue weighted by atomic mass is 35.7. The molecule has 94 valence electrons. The van der Waals surface area contributed by atoms with Crippen LogP contribution < -0.4 is 0 Å². The van der Waals surface area contributed by atoms with E-state index in [1.165, 1.54) is 5.56 Å². The Morgan fingerprint density at radius 1 is 1.47 bits per heavy atom. The molecule has 0 spiro atoms. The van der Waals surface area contributed by atoms with Gasteiger partial charge in [-0.1, -0.05) is 24.3 Å². The summed E-state index contributed by atoms with van der Waals surface area (Å²) in [4.78, 5) is 2.29. The Kier molecular flexibility index (Phi) is 3.76. The van der Waals surface area contributed by atoms with Crippen LogP contribution in [0, 0.1) is 0 Å². The molecular formula is C12H16ClNO2S. The Bertz CT molecular complexity index is 501. The van der Waals surface area contributed by atoms with E-state index in [0.717, 1.165) is 25.1 Å². The predicted octanol–water partition coefficient (Wildman–Crippen LogP) is 2.17. The average molecular weight is 274 g/mol. The first-order valence-electron chi connectivity index (χ1n) is 5.64. The predicted molar refractivity (Wildman–Crippen MR) is 69.8 cm³/mol. The molecule has 2 rings (SSSR count). The van der Waals surface area contributed by atoms with Crippen LogP contribution in [0.15, 0.2) is 24.3 Å². The largest absolute Gasteiger partial charge is 0.306 e. The van der Waals surface area contributed by atoms with Crippen molar-refractivity contribution in [2.45, 2.75) is 18.1 Å². The highest BCUT2D eigenvalue weighted by Crippen LogP contribution is 2.27. The van der Waals surface area contributed by atoms with Gasteiger partial charge in [-0.15, -0.1) is 0 Å². The second-order valence-corrected chi connectivity index (χ2v) is 7.45. The number of nitrogens with zero attached hydrogens (tertiary/aromatic N) is 1. The van der Waals surface area contributed by atoms with Gasteiger partial charge < -0.3 is 4.90 Å². The first-order chi connectivity index (χ1) is 7.94. The van der Waals surface area contributed by atoms with Crippen LogP contribution in [0.3, 0.4) is 0 Å². The van der Waals surface area contributed by atoms with E-state index >= 15 is 0 Å². The van der Waals surface area contributed by atoms with Gasteiger partial charge in [0.2, 0.25) is 9.05 Å². The third kappa shape index (κ3) is 3.69. The molecule has 1 atom stereocenters. The second kappa shape index (κ2) is 4.96. The fraction of sp³-hybridized carbons (Fsp3) is 0.500. The van der Waals surface area contributed by atoms with E-state index in [-0.39, 0.29) is 5.75 Å². The van der Waals surface area contributed by atoms with Gasteiger partial charge in [0.25, 0.3) is 0 Å². The van der Waals surface area contributed by atoms with Crippen LogP contribution in [0.1, 0.15) is 23.5 Å². The summed E-state index contributed by atoms with van der Waals surface area (Å²) in [5, 5.41) is 0. The number of rotatable bonds is 3. The Hall–Kier alpha value is -0.580. The molecule has 1 heterocycles. The first kappa shape index (κ1) is 12.9. The van der Waals surface area contributed by atoms with Gasteiger partial charge in [-0.25, -0.2) is 8.42 Å². The lowest BCUT2D eigenvalue weighted by atomic mass is 9.97. The smallest absolute Gasteiger partial charge is 0.236 e. The number of hydrogen-bond donors (Lipinski definition) is 0. The van der Waals surface area contributed by atoms with Crippen molar-refractivity contribution in [3.63, 3.8) is 0 Å². The molecule has 0 aromatic heterocycles. The molecule has 0 bridgehead atoms. The van der Waals surface area contributed by atoms with E-state index in [4.69, 9.17) is 10.7 Å². The minimum absolute atomic E-state index is 0.0923. The molecule has 1 aliphatic heterocycles. The molecule has 1 saturated heterocycles. The van der Waals surface area contributed by atoms with Crippen molar-refractivity contribution in [1.82, 2.24) is 4.90 Å². The van der Waals surface area contributed by atoms with Crippen molar-refractivity contribution in [3.05, 3.63) is 35.4 Å². The maximum atomic E-state index is 11.0. The lowest BCUT2D eigenvalue weighted by molar-refractivity contribution is 0.411. The maximum absolute atomic E-state index is 11.0. The molecule has 0 aliphatic carbocycles. The fourth-order valence-corrected chi connectivity index (χ4v) is 3.30. The molecule has 1 aliphatic rings. The number of benzene rings is 1. The summed E-state index contributed by atoms with van der Waals surface area (Å²) >= 11 is 0. The van der Waals surface area contributed by atoms with Gasteiger partial charge in [0.05, 0.1) is 5.75 Å². The minimum Gasteiger partial charge on any atom is -0.306 e. The zero-order valence-corrected chi connectivity index (χ0v) is 11.3. The number of hydrogen-bond acceptors (Lipinski definition) is 3. The van der Waals surface area contributed by atoms with E-state index in [1.54, 1.807) is 0 Å². The molecule has 0 amide bonds. The topological polar surface area (TPSA) is 37.4 Å². The van der Waals surface area contributed by atoms with E-state index in [9.17, 15) is 8.42 Å². The summed E-state index contributed by atoms with van der Waals surface area (Å²) in [5.74, 6) is 0.420. The molecule has 1 fully saturated rings. The van der Waals surface area contributed by atoms with Gasteiger partial charge in [0, 0.05) is 17.2 Å². The van der Waals surface area contributed by atoms with Crippen molar-refractivity contribution in [2.24, 2.45) is 0 Å². The van der Waals surface area contributed by atoms with Crippen LogP contribution in [0.4, 0.5) is 0 Å². The Labute approximate surface area is 107 Å². The Morgan fingerprint density at radius 2 is 2.24 bits per heavy atom. The Balaban J connectivity index is 2.17. The fourth-order valence-electron chi connectivity index (χ4n) is 2.34. The highest BCUT2D eigenvalue weighted by molar-refractivity contribution is 8.13. The third-order valence-corrected chi connectivity index (χ3v) is 4.16. The molecule has 3 nitrogen and oxygen atoms in total. The van der Waals surface area contributed by atoms with Crippen LogP contribution in [0.25, 0.3) is 0 Å². The van der Waals surface area contributed by atoms with Crippen LogP contribution in [-0.2, 0) is 14.8 Å². The standard InChI is InChI=1S/C12H16ClNO2S/c1-14-6-5-12(8-14)11-4-2-3-10(7-11)9-17(13,15)16/h2-4,7,12H,5-6,8-9H2,1H3. The molecule has 0 N–H and O–H groups in total. The Morgan fingerprint density at radius 3 is 2.82 bits per heavy atom. The van der Waals surface area contributed by atoms with Crippen molar-refractivity contribution in [3.8, 4) is 0 Å². The molecular weight excluding hydrogens is 258 g/mol. The summed E-state index contributed by atoms with van der Waals surface area (Å²) in [6.45, 7) is 2.14. The molecule has 1 unspecified atom stereocenters. The molecule has 0 radical (unpaired) electrons. The molecule has 17 heavy (non-hydrogen) atoms. The van der Waals surface area contributed by atoms with E-state index < -0.39 is 9.05 Å². The summed E-state index contributed by atoms with van der Waals surface area (Å²) in [5.41, 5.74) is 1.99. The van der Waals surface area contributed by atoms with E-state index in [2.05, 4.69) is 18.0 Å². The van der Waals surface area contributed by atoms with Gasteiger partial charge in [-0.05, 0) is 37.1 Å². The van der Waals surface area contributed by atoms with Crippen molar-refractivity contribution in [1.29, 1.82) is 0 Å². The zero-order chi connectivity index (χ0) is 12.5. The summed E-state index contributed by atoms with van der Waals surface area (Å²) < 4.78 is 22.1. The SMILES string of the molecule is CN1CCC(c2cccc(CS(=O)(=O)Cl)c2)C1. The summed E-state index contributed by atoms with van der Waals surface area (Å²) in [7, 11) is 3.90. The lowest BCUT2D eigenvalue weighted by Gasteiger charge is -2.11. The molecule has 1 aromatic carbocycles. The number of likely N-dealkylation sites (tertiary alicyclic amines) is 1. The molecule has 0 saturated carbocycles. The summed E-state index contributed by atoms with van der Waals surface area (Å²) in [6, 6.07) is 7.74. The van der Waals surface area contributed by atoms with Gasteiger partial charge >= 0.3 is 0 Å². The lowest BCUT2D eigenvalue weighted by Crippen LogP contribution is -2.13. The van der Waals surface area contributed by atoms with Crippen molar-refractivity contribution < 1.29 is 8.42 Å². The van der Waals surface area contributed by atoms with Gasteiger partial charge in [-0.3, -0.25) is 0 Å². The van der Waals surface area contributed by atoms with E-state index in [1.807, 2.05) is 18.2 Å². The molecule has 5 heteroatoms. The highest BCUT2D eigenvalue weighted by Gasteiger charge is 2.21. The van der Waals surface area contributed by atoms with Crippen LogP contribution >= 0.6 is 10.7 Å². The second-order valence-electron chi connectivity index (χ2n) is 4.68. The maximum Gasteiger partial charge on any atom is 0.236 e. The van der Waals surface area contributed by atoms with Crippen molar-refractivity contribution >= 4 is 19.7 Å². The monoisotopic (exact) mass is 273 g/mol. The minimum atomic E-state index is -3.47. The van der Waals surface area contributed by atoms with Crippen LogP contribution in [0.5, 0.6) is 0 Å².